The van der Waals surface area contributed by atoms with Gasteiger partial charge in [0.1, 0.15) is 0 Å². The summed E-state index contributed by atoms with van der Waals surface area (Å²) < 4.78 is 25.8. The molecule has 0 radical (unpaired) electrons. The first-order valence-electron chi connectivity index (χ1n) is 5.78. The van der Waals surface area contributed by atoms with Crippen molar-refractivity contribution in [2.75, 3.05) is 5.32 Å². The third-order valence-electron chi connectivity index (χ3n) is 2.57. The number of rotatable bonds is 5. The molecule has 1 N–H and O–H groups in total. The second kappa shape index (κ2) is 7.29. The standard InChI is InChI=1S/C14H11BrClF2NS/c15-10-7-9(5-6-11(10)16)8-19-12-3-1-2-4-13(12)20-14(17)18/h1-7,14,19H,8H2. The van der Waals surface area contributed by atoms with Crippen LogP contribution in [0.25, 0.3) is 0 Å². The first-order chi connectivity index (χ1) is 9.56. The zero-order valence-electron chi connectivity index (χ0n) is 10.2. The van der Waals surface area contributed by atoms with Crippen LogP contribution in [0.2, 0.25) is 5.02 Å². The molecule has 2 aromatic carbocycles. The van der Waals surface area contributed by atoms with Crippen LogP contribution in [0.1, 0.15) is 5.56 Å². The second-order valence-electron chi connectivity index (χ2n) is 3.98. The minimum absolute atomic E-state index is 0.538. The monoisotopic (exact) mass is 377 g/mol. The van der Waals surface area contributed by atoms with Gasteiger partial charge in [0.25, 0.3) is 5.76 Å². The summed E-state index contributed by atoms with van der Waals surface area (Å²) in [5.74, 6) is -2.43. The number of hydrogen-bond donors (Lipinski definition) is 1. The summed E-state index contributed by atoms with van der Waals surface area (Å²) in [6.07, 6.45) is 0. The Hall–Kier alpha value is -0.780. The highest BCUT2D eigenvalue weighted by Crippen LogP contribution is 2.32. The van der Waals surface area contributed by atoms with Crippen LogP contribution < -0.4 is 5.32 Å². The molecule has 0 fully saturated rings. The van der Waals surface area contributed by atoms with E-state index in [9.17, 15) is 8.78 Å². The van der Waals surface area contributed by atoms with Gasteiger partial charge in [-0.25, -0.2) is 0 Å². The maximum absolute atomic E-state index is 12.5. The average Bonchev–Trinajstić information content (AvgIpc) is 2.41. The molecule has 0 spiro atoms. The van der Waals surface area contributed by atoms with Gasteiger partial charge in [0.05, 0.1) is 5.02 Å². The predicted octanol–water partition coefficient (Wildman–Crippen LogP) is 6.03. The summed E-state index contributed by atoms with van der Waals surface area (Å²) in [5.41, 5.74) is 1.71. The summed E-state index contributed by atoms with van der Waals surface area (Å²) in [6, 6.07) is 12.6. The Balaban J connectivity index is 2.08. The third-order valence-corrected chi connectivity index (χ3v) is 4.57. The molecule has 0 amide bonds. The van der Waals surface area contributed by atoms with Crippen molar-refractivity contribution in [3.05, 3.63) is 57.5 Å². The van der Waals surface area contributed by atoms with Crippen molar-refractivity contribution >= 4 is 45.0 Å². The van der Waals surface area contributed by atoms with Crippen molar-refractivity contribution in [2.24, 2.45) is 0 Å². The molecule has 0 aromatic heterocycles. The van der Waals surface area contributed by atoms with Gasteiger partial charge in [-0.2, -0.15) is 8.78 Å². The van der Waals surface area contributed by atoms with E-state index in [0.29, 0.717) is 33.9 Å². The Morgan fingerprint density at radius 2 is 1.95 bits per heavy atom. The van der Waals surface area contributed by atoms with Gasteiger partial charge in [0.15, 0.2) is 0 Å². The predicted molar refractivity (Wildman–Crippen MR) is 84.8 cm³/mol. The number of nitrogens with one attached hydrogen (secondary N) is 1. The number of alkyl halides is 2. The lowest BCUT2D eigenvalue weighted by molar-refractivity contribution is 0.252. The minimum atomic E-state index is -2.43. The van der Waals surface area contributed by atoms with Crippen LogP contribution >= 0.6 is 39.3 Å². The molecule has 0 aliphatic heterocycles. The first-order valence-corrected chi connectivity index (χ1v) is 7.83. The lowest BCUT2D eigenvalue weighted by atomic mass is 10.2. The van der Waals surface area contributed by atoms with E-state index in [1.165, 1.54) is 0 Å². The Morgan fingerprint density at radius 1 is 1.20 bits per heavy atom. The Labute approximate surface area is 133 Å². The molecule has 0 heterocycles. The van der Waals surface area contributed by atoms with Gasteiger partial charge in [0.2, 0.25) is 0 Å². The summed E-state index contributed by atoms with van der Waals surface area (Å²) in [6.45, 7) is 0.538. The molecule has 20 heavy (non-hydrogen) atoms. The molecular weight excluding hydrogens is 368 g/mol. The Bertz CT molecular complexity index is 595. The minimum Gasteiger partial charge on any atom is -0.380 e. The number of thioether (sulfide) groups is 1. The molecule has 0 bridgehead atoms. The van der Waals surface area contributed by atoms with E-state index in [0.717, 1.165) is 10.0 Å². The number of benzene rings is 2. The fourth-order valence-electron chi connectivity index (χ4n) is 1.66. The van der Waals surface area contributed by atoms with E-state index in [1.54, 1.807) is 24.3 Å². The molecule has 1 nitrogen and oxygen atoms in total. The highest BCUT2D eigenvalue weighted by molar-refractivity contribution is 9.10. The van der Waals surface area contributed by atoms with Crippen LogP contribution in [-0.4, -0.2) is 5.76 Å². The molecule has 106 valence electrons. The van der Waals surface area contributed by atoms with Gasteiger partial charge in [0, 0.05) is 21.6 Å². The van der Waals surface area contributed by atoms with Gasteiger partial charge in [-0.05, 0) is 45.8 Å². The fraction of sp³-hybridized carbons (Fsp3) is 0.143. The number of hydrogen-bond acceptors (Lipinski definition) is 2. The lowest BCUT2D eigenvalue weighted by Crippen LogP contribution is -2.01. The topological polar surface area (TPSA) is 12.0 Å². The van der Waals surface area contributed by atoms with Gasteiger partial charge < -0.3 is 5.32 Å². The summed E-state index contributed by atoms with van der Waals surface area (Å²) in [7, 11) is 0. The van der Waals surface area contributed by atoms with E-state index >= 15 is 0 Å². The van der Waals surface area contributed by atoms with Crippen molar-refractivity contribution in [3.63, 3.8) is 0 Å². The first kappa shape index (κ1) is 15.6. The molecule has 0 saturated carbocycles. The summed E-state index contributed by atoms with van der Waals surface area (Å²) in [5, 5.41) is 3.80. The van der Waals surface area contributed by atoms with Crippen molar-refractivity contribution < 1.29 is 8.78 Å². The quantitative estimate of drug-likeness (QED) is 0.638. The lowest BCUT2D eigenvalue weighted by Gasteiger charge is -2.11. The van der Waals surface area contributed by atoms with Gasteiger partial charge in [-0.3, -0.25) is 0 Å². The number of para-hydroxylation sites is 1. The van der Waals surface area contributed by atoms with E-state index < -0.39 is 5.76 Å². The zero-order valence-corrected chi connectivity index (χ0v) is 13.4. The largest absolute Gasteiger partial charge is 0.380 e. The van der Waals surface area contributed by atoms with Crippen LogP contribution in [0, 0.1) is 0 Å². The molecule has 2 aromatic rings. The highest BCUT2D eigenvalue weighted by atomic mass is 79.9. The third kappa shape index (κ3) is 4.36. The maximum Gasteiger partial charge on any atom is 0.288 e. The van der Waals surface area contributed by atoms with E-state index in [2.05, 4.69) is 21.2 Å². The molecule has 0 unspecified atom stereocenters. The normalized spacial score (nSPS) is 10.8. The molecular formula is C14H11BrClF2NS. The van der Waals surface area contributed by atoms with Gasteiger partial charge in [-0.1, -0.05) is 41.6 Å². The molecule has 0 aliphatic carbocycles. The van der Waals surface area contributed by atoms with Crippen LogP contribution in [0.5, 0.6) is 0 Å². The van der Waals surface area contributed by atoms with Crippen molar-refractivity contribution in [3.8, 4) is 0 Å². The fourth-order valence-corrected chi connectivity index (χ4v) is 2.82. The van der Waals surface area contributed by atoms with Gasteiger partial charge >= 0.3 is 0 Å². The highest BCUT2D eigenvalue weighted by Gasteiger charge is 2.09. The van der Waals surface area contributed by atoms with Crippen molar-refractivity contribution in [1.29, 1.82) is 0 Å². The number of anilines is 1. The maximum atomic E-state index is 12.5. The molecule has 2 rings (SSSR count). The summed E-state index contributed by atoms with van der Waals surface area (Å²) >= 11 is 9.82. The van der Waals surface area contributed by atoms with E-state index in [4.69, 9.17) is 11.6 Å². The van der Waals surface area contributed by atoms with Crippen LogP contribution in [0.3, 0.4) is 0 Å². The van der Waals surface area contributed by atoms with Crippen LogP contribution in [0.15, 0.2) is 51.8 Å². The zero-order chi connectivity index (χ0) is 14.5. The SMILES string of the molecule is FC(F)Sc1ccccc1NCc1ccc(Cl)c(Br)c1. The summed E-state index contributed by atoms with van der Waals surface area (Å²) in [4.78, 5) is 0.538. The number of halogens is 4. The molecule has 6 heteroatoms. The van der Waals surface area contributed by atoms with Crippen molar-refractivity contribution in [1.82, 2.24) is 0 Å². The Kier molecular flexibility index (Phi) is 5.69. The molecule has 0 saturated heterocycles. The van der Waals surface area contributed by atoms with Gasteiger partial charge in [-0.15, -0.1) is 0 Å². The Morgan fingerprint density at radius 3 is 2.65 bits per heavy atom. The molecule has 0 aliphatic rings. The van der Waals surface area contributed by atoms with Crippen LogP contribution in [0.4, 0.5) is 14.5 Å². The van der Waals surface area contributed by atoms with Crippen molar-refractivity contribution in [2.45, 2.75) is 17.2 Å². The van der Waals surface area contributed by atoms with Crippen LogP contribution in [-0.2, 0) is 6.54 Å². The van der Waals surface area contributed by atoms with E-state index in [1.807, 2.05) is 18.2 Å². The average molecular weight is 379 g/mol. The molecule has 0 atom stereocenters. The second-order valence-corrected chi connectivity index (χ2v) is 6.27. The smallest absolute Gasteiger partial charge is 0.288 e. The van der Waals surface area contributed by atoms with E-state index in [-0.39, 0.29) is 0 Å².